The monoisotopic (exact) mass is 297 g/mol. The molecule has 1 aliphatic heterocycles. The standard InChI is InChI=1S/C13H23N5O3/c1-3-17-13(12(18(20)21)11(2)14-17)16-6-4-5-15(7-8-16)9-10-19/h19H,3-10H2,1-2H3. The molecule has 8 nitrogen and oxygen atoms in total. The highest BCUT2D eigenvalue weighted by molar-refractivity contribution is 5.61. The van der Waals surface area contributed by atoms with Crippen LogP contribution >= 0.6 is 0 Å². The lowest BCUT2D eigenvalue weighted by Crippen LogP contribution is -2.33. The topological polar surface area (TPSA) is 87.7 Å². The maximum atomic E-state index is 11.3. The molecule has 1 aromatic heterocycles. The number of aryl methyl sites for hydroxylation is 2. The Morgan fingerprint density at radius 2 is 2.10 bits per heavy atom. The molecule has 1 aliphatic rings. The van der Waals surface area contributed by atoms with E-state index in [-0.39, 0.29) is 17.2 Å². The van der Waals surface area contributed by atoms with E-state index in [9.17, 15) is 10.1 Å². The Balaban J connectivity index is 2.26. The molecule has 8 heteroatoms. The normalized spacial score (nSPS) is 17.0. The van der Waals surface area contributed by atoms with Crippen LogP contribution in [0.5, 0.6) is 0 Å². The van der Waals surface area contributed by atoms with Crippen LogP contribution in [0.25, 0.3) is 0 Å². The molecule has 0 aliphatic carbocycles. The Morgan fingerprint density at radius 1 is 1.33 bits per heavy atom. The first-order chi connectivity index (χ1) is 10.1. The lowest BCUT2D eigenvalue weighted by Gasteiger charge is -2.23. The Morgan fingerprint density at radius 3 is 2.71 bits per heavy atom. The molecule has 2 rings (SSSR count). The van der Waals surface area contributed by atoms with Gasteiger partial charge in [0, 0.05) is 32.7 Å². The van der Waals surface area contributed by atoms with Crippen LogP contribution in [0.1, 0.15) is 19.0 Å². The van der Waals surface area contributed by atoms with Gasteiger partial charge in [-0.05, 0) is 26.8 Å². The van der Waals surface area contributed by atoms with Gasteiger partial charge in [0.05, 0.1) is 11.5 Å². The Hall–Kier alpha value is -1.67. The number of aromatic nitrogens is 2. The zero-order valence-corrected chi connectivity index (χ0v) is 12.7. The van der Waals surface area contributed by atoms with E-state index in [1.54, 1.807) is 11.6 Å². The fraction of sp³-hybridized carbons (Fsp3) is 0.769. The lowest BCUT2D eigenvalue weighted by atomic mass is 10.3. The van der Waals surface area contributed by atoms with Crippen molar-refractivity contribution < 1.29 is 10.0 Å². The first kappa shape index (κ1) is 15.7. The van der Waals surface area contributed by atoms with Crippen molar-refractivity contribution in [3.63, 3.8) is 0 Å². The third-order valence-electron chi connectivity index (χ3n) is 3.86. The average Bonchev–Trinajstić information content (AvgIpc) is 2.62. The number of aliphatic hydroxyl groups excluding tert-OH is 1. The summed E-state index contributed by atoms with van der Waals surface area (Å²) in [5.74, 6) is 0.617. The van der Waals surface area contributed by atoms with Crippen molar-refractivity contribution in [1.82, 2.24) is 14.7 Å². The van der Waals surface area contributed by atoms with Crippen LogP contribution in [-0.2, 0) is 6.54 Å². The second kappa shape index (κ2) is 6.86. The van der Waals surface area contributed by atoms with Gasteiger partial charge >= 0.3 is 5.69 Å². The number of hydrogen-bond donors (Lipinski definition) is 1. The largest absolute Gasteiger partial charge is 0.395 e. The first-order valence-electron chi connectivity index (χ1n) is 7.38. The highest BCUT2D eigenvalue weighted by atomic mass is 16.6. The molecule has 118 valence electrons. The maximum absolute atomic E-state index is 11.3. The van der Waals surface area contributed by atoms with Crippen molar-refractivity contribution in [2.24, 2.45) is 0 Å². The minimum atomic E-state index is -0.333. The van der Waals surface area contributed by atoms with Gasteiger partial charge < -0.3 is 10.0 Å². The number of anilines is 1. The van der Waals surface area contributed by atoms with Crippen LogP contribution < -0.4 is 4.90 Å². The molecule has 0 radical (unpaired) electrons. The van der Waals surface area contributed by atoms with Gasteiger partial charge in [0.15, 0.2) is 0 Å². The van der Waals surface area contributed by atoms with E-state index in [0.29, 0.717) is 31.1 Å². The van der Waals surface area contributed by atoms with Crippen molar-refractivity contribution in [1.29, 1.82) is 0 Å². The number of β-amino-alcohol motifs (C(OH)–C–C–N with tert-alkyl or cyclic N) is 1. The zero-order chi connectivity index (χ0) is 15.4. The average molecular weight is 297 g/mol. The van der Waals surface area contributed by atoms with Crippen LogP contribution in [0.4, 0.5) is 11.5 Å². The van der Waals surface area contributed by atoms with Crippen molar-refractivity contribution in [3.05, 3.63) is 15.8 Å². The van der Waals surface area contributed by atoms with E-state index < -0.39 is 0 Å². The van der Waals surface area contributed by atoms with Gasteiger partial charge in [-0.1, -0.05) is 0 Å². The molecule has 0 spiro atoms. The maximum Gasteiger partial charge on any atom is 0.333 e. The quantitative estimate of drug-likeness (QED) is 0.633. The van der Waals surface area contributed by atoms with Crippen LogP contribution in [0.15, 0.2) is 0 Å². The van der Waals surface area contributed by atoms with Gasteiger partial charge in [0.1, 0.15) is 5.69 Å². The predicted octanol–water partition coefficient (Wildman–Crippen LogP) is 0.624. The van der Waals surface area contributed by atoms with E-state index in [1.165, 1.54) is 0 Å². The lowest BCUT2D eigenvalue weighted by molar-refractivity contribution is -0.384. The molecule has 0 bridgehead atoms. The van der Waals surface area contributed by atoms with Crippen LogP contribution in [0.2, 0.25) is 0 Å². The fourth-order valence-corrected chi connectivity index (χ4v) is 2.85. The molecule has 1 fully saturated rings. The number of nitrogens with zero attached hydrogens (tertiary/aromatic N) is 5. The summed E-state index contributed by atoms with van der Waals surface area (Å²) in [6, 6.07) is 0. The fourth-order valence-electron chi connectivity index (χ4n) is 2.85. The van der Waals surface area contributed by atoms with Gasteiger partial charge in [-0.15, -0.1) is 0 Å². The van der Waals surface area contributed by atoms with E-state index in [0.717, 1.165) is 26.1 Å². The number of rotatable bonds is 5. The molecule has 0 amide bonds. The summed E-state index contributed by atoms with van der Waals surface area (Å²) in [5, 5.41) is 24.7. The number of aliphatic hydroxyl groups is 1. The van der Waals surface area contributed by atoms with E-state index in [1.807, 2.05) is 6.92 Å². The smallest absolute Gasteiger partial charge is 0.333 e. The van der Waals surface area contributed by atoms with Crippen LogP contribution in [0.3, 0.4) is 0 Å². The molecule has 2 heterocycles. The molecular formula is C13H23N5O3. The molecule has 21 heavy (non-hydrogen) atoms. The first-order valence-corrected chi connectivity index (χ1v) is 7.38. The molecule has 1 N–H and O–H groups in total. The summed E-state index contributed by atoms with van der Waals surface area (Å²) in [6.45, 7) is 8.23. The van der Waals surface area contributed by atoms with Crippen LogP contribution in [-0.4, -0.2) is 64.0 Å². The summed E-state index contributed by atoms with van der Waals surface area (Å²) in [5.41, 5.74) is 0.584. The van der Waals surface area contributed by atoms with Gasteiger partial charge in [-0.3, -0.25) is 15.0 Å². The summed E-state index contributed by atoms with van der Waals surface area (Å²) in [6.07, 6.45) is 0.922. The Labute approximate surface area is 124 Å². The number of hydrogen-bond acceptors (Lipinski definition) is 6. The second-order valence-electron chi connectivity index (χ2n) is 5.24. The van der Waals surface area contributed by atoms with Gasteiger partial charge in [-0.2, -0.15) is 5.10 Å². The zero-order valence-electron chi connectivity index (χ0n) is 12.7. The molecule has 1 aromatic rings. The summed E-state index contributed by atoms with van der Waals surface area (Å²) >= 11 is 0. The van der Waals surface area contributed by atoms with Gasteiger partial charge in [0.25, 0.3) is 0 Å². The molecule has 0 unspecified atom stereocenters. The Bertz CT molecular complexity index is 502. The number of nitro groups is 1. The molecule has 0 saturated carbocycles. The van der Waals surface area contributed by atoms with Gasteiger partial charge in [0.2, 0.25) is 5.82 Å². The minimum absolute atomic E-state index is 0.118. The van der Waals surface area contributed by atoms with Crippen molar-refractivity contribution in [3.8, 4) is 0 Å². The summed E-state index contributed by atoms with van der Waals surface area (Å²) < 4.78 is 1.72. The highest BCUT2D eigenvalue weighted by Crippen LogP contribution is 2.32. The second-order valence-corrected chi connectivity index (χ2v) is 5.24. The van der Waals surface area contributed by atoms with Crippen LogP contribution in [0, 0.1) is 17.0 Å². The molecule has 1 saturated heterocycles. The highest BCUT2D eigenvalue weighted by Gasteiger charge is 2.30. The third-order valence-corrected chi connectivity index (χ3v) is 3.86. The van der Waals surface area contributed by atoms with E-state index in [2.05, 4.69) is 14.9 Å². The van der Waals surface area contributed by atoms with E-state index in [4.69, 9.17) is 5.11 Å². The van der Waals surface area contributed by atoms with Gasteiger partial charge in [-0.25, -0.2) is 4.68 Å². The predicted molar refractivity (Wildman–Crippen MR) is 79.6 cm³/mol. The minimum Gasteiger partial charge on any atom is -0.395 e. The summed E-state index contributed by atoms with van der Waals surface area (Å²) in [4.78, 5) is 15.3. The SMILES string of the molecule is CCn1nc(C)c([N+](=O)[O-])c1N1CCCN(CCO)CC1. The van der Waals surface area contributed by atoms with E-state index >= 15 is 0 Å². The molecule has 0 aromatic carbocycles. The van der Waals surface area contributed by atoms with Crippen molar-refractivity contribution in [2.75, 3.05) is 44.2 Å². The van der Waals surface area contributed by atoms with Crippen molar-refractivity contribution >= 4 is 11.5 Å². The molecular weight excluding hydrogens is 274 g/mol. The Kier molecular flexibility index (Phi) is 5.13. The van der Waals surface area contributed by atoms with Crippen molar-refractivity contribution in [2.45, 2.75) is 26.8 Å². The summed E-state index contributed by atoms with van der Waals surface area (Å²) in [7, 11) is 0. The molecule has 0 atom stereocenters. The third kappa shape index (κ3) is 3.33.